The Labute approximate surface area is 226 Å². The lowest BCUT2D eigenvalue weighted by molar-refractivity contribution is -0.323. The number of nitrogens with one attached hydrogen (secondary N) is 2. The Morgan fingerprint density at radius 2 is 1.87 bits per heavy atom. The SMILES string of the molecule is CC.COc1c(Nc2cc(N(C)CCC(C)(C)C=O)nnc2C(=O)NC(O)(O)O)cccc1-c1ncn(C)n1. The van der Waals surface area contributed by atoms with Crippen molar-refractivity contribution in [3.8, 4) is 17.1 Å². The third kappa shape index (κ3) is 8.43. The van der Waals surface area contributed by atoms with Gasteiger partial charge in [-0.2, -0.15) is 5.10 Å². The zero-order valence-corrected chi connectivity index (χ0v) is 23.1. The van der Waals surface area contributed by atoms with E-state index < -0.39 is 17.4 Å². The van der Waals surface area contributed by atoms with Gasteiger partial charge >= 0.3 is 6.10 Å². The first kappa shape index (κ1) is 31.1. The summed E-state index contributed by atoms with van der Waals surface area (Å²) >= 11 is 0. The van der Waals surface area contributed by atoms with E-state index in [9.17, 15) is 24.9 Å². The third-order valence-electron chi connectivity index (χ3n) is 5.41. The number of para-hydroxylation sites is 1. The second kappa shape index (κ2) is 13.1. The minimum Gasteiger partial charge on any atom is -0.494 e. The number of anilines is 3. The number of hydrogen-bond donors (Lipinski definition) is 5. The largest absolute Gasteiger partial charge is 0.494 e. The van der Waals surface area contributed by atoms with Gasteiger partial charge in [0.2, 0.25) is 0 Å². The van der Waals surface area contributed by atoms with E-state index in [0.29, 0.717) is 41.6 Å². The molecule has 1 aromatic carbocycles. The molecular formula is C25H36N8O6. The van der Waals surface area contributed by atoms with Crippen molar-refractivity contribution in [1.29, 1.82) is 0 Å². The first-order chi connectivity index (χ1) is 18.3. The molecule has 2 aromatic heterocycles. The van der Waals surface area contributed by atoms with Crippen LogP contribution in [0.15, 0.2) is 30.6 Å². The molecule has 1 amide bonds. The predicted octanol–water partition coefficient (Wildman–Crippen LogP) is 1.42. The Morgan fingerprint density at radius 1 is 1.18 bits per heavy atom. The molecule has 39 heavy (non-hydrogen) atoms. The predicted molar refractivity (Wildman–Crippen MR) is 144 cm³/mol. The fourth-order valence-corrected chi connectivity index (χ4v) is 3.31. The number of rotatable bonds is 11. The summed E-state index contributed by atoms with van der Waals surface area (Å²) in [5.41, 5.74) is 0.249. The Kier molecular flexibility index (Phi) is 10.4. The molecule has 0 fully saturated rings. The summed E-state index contributed by atoms with van der Waals surface area (Å²) in [4.78, 5) is 29.9. The van der Waals surface area contributed by atoms with E-state index in [2.05, 4.69) is 25.6 Å². The number of amides is 1. The highest BCUT2D eigenvalue weighted by atomic mass is 16.7. The molecule has 5 N–H and O–H groups in total. The molecule has 0 atom stereocenters. The first-order valence-electron chi connectivity index (χ1n) is 12.2. The van der Waals surface area contributed by atoms with Crippen LogP contribution in [0.25, 0.3) is 11.4 Å². The normalized spacial score (nSPS) is 11.2. The number of aryl methyl sites for hydroxylation is 1. The van der Waals surface area contributed by atoms with Crippen molar-refractivity contribution in [2.24, 2.45) is 12.5 Å². The van der Waals surface area contributed by atoms with E-state index in [1.807, 2.05) is 27.7 Å². The quantitative estimate of drug-likeness (QED) is 0.173. The summed E-state index contributed by atoms with van der Waals surface area (Å²) in [5.74, 6) is 0.0452. The molecule has 212 valence electrons. The van der Waals surface area contributed by atoms with Gasteiger partial charge in [-0.25, -0.2) is 4.98 Å². The average molecular weight is 545 g/mol. The second-order valence-electron chi connectivity index (χ2n) is 9.09. The van der Waals surface area contributed by atoms with Crippen molar-refractivity contribution in [3.63, 3.8) is 0 Å². The van der Waals surface area contributed by atoms with Crippen molar-refractivity contribution < 1.29 is 29.6 Å². The molecule has 3 rings (SSSR count). The molecule has 14 nitrogen and oxygen atoms in total. The fraction of sp³-hybridized carbons (Fsp3) is 0.440. The molecule has 0 saturated heterocycles. The third-order valence-corrected chi connectivity index (χ3v) is 5.41. The monoisotopic (exact) mass is 544 g/mol. The van der Waals surface area contributed by atoms with E-state index in [0.717, 1.165) is 6.29 Å². The number of aliphatic hydroxyl groups is 3. The van der Waals surface area contributed by atoms with Crippen LogP contribution in [-0.4, -0.2) is 79.3 Å². The molecule has 14 heteroatoms. The molecule has 3 aromatic rings. The zero-order chi connectivity index (χ0) is 29.4. The van der Waals surface area contributed by atoms with Gasteiger partial charge in [-0.3, -0.25) is 14.8 Å². The van der Waals surface area contributed by atoms with Crippen LogP contribution in [0.1, 0.15) is 44.6 Å². The van der Waals surface area contributed by atoms with Crippen LogP contribution in [-0.2, 0) is 11.8 Å². The number of benzene rings is 1. The summed E-state index contributed by atoms with van der Waals surface area (Å²) in [6, 6.07) is 6.72. The highest BCUT2D eigenvalue weighted by molar-refractivity contribution is 5.99. The number of nitrogens with zero attached hydrogens (tertiary/aromatic N) is 6. The highest BCUT2D eigenvalue weighted by Gasteiger charge is 2.27. The fourth-order valence-electron chi connectivity index (χ4n) is 3.31. The average Bonchev–Trinajstić information content (AvgIpc) is 3.33. The van der Waals surface area contributed by atoms with Gasteiger partial charge in [-0.1, -0.05) is 33.8 Å². The van der Waals surface area contributed by atoms with E-state index in [1.165, 1.54) is 13.2 Å². The number of carbonyl (C=O) groups is 2. The molecule has 0 aliphatic rings. The van der Waals surface area contributed by atoms with Gasteiger partial charge in [-0.05, 0) is 18.6 Å². The molecule has 0 spiro atoms. The van der Waals surface area contributed by atoms with Crippen LogP contribution < -0.4 is 20.3 Å². The van der Waals surface area contributed by atoms with Crippen LogP contribution in [0.2, 0.25) is 0 Å². The van der Waals surface area contributed by atoms with Crippen LogP contribution in [0, 0.1) is 5.41 Å². The molecule has 0 bridgehead atoms. The maximum atomic E-state index is 12.7. The van der Waals surface area contributed by atoms with Crippen molar-refractivity contribution >= 4 is 29.4 Å². The number of carbonyl (C=O) groups excluding carboxylic acids is 2. The van der Waals surface area contributed by atoms with Gasteiger partial charge in [0, 0.05) is 32.1 Å². The Balaban J connectivity index is 0.00000260. The molecule has 2 heterocycles. The second-order valence-corrected chi connectivity index (χ2v) is 9.09. The van der Waals surface area contributed by atoms with Crippen LogP contribution in [0.5, 0.6) is 5.75 Å². The summed E-state index contributed by atoms with van der Waals surface area (Å²) in [5, 5.41) is 44.7. The molecule has 0 radical (unpaired) electrons. The lowest BCUT2D eigenvalue weighted by atomic mass is 9.91. The van der Waals surface area contributed by atoms with Gasteiger partial charge in [0.05, 0.1) is 24.0 Å². The van der Waals surface area contributed by atoms with E-state index >= 15 is 0 Å². The minimum atomic E-state index is -3.46. The van der Waals surface area contributed by atoms with Crippen molar-refractivity contribution in [3.05, 3.63) is 36.3 Å². The van der Waals surface area contributed by atoms with Crippen LogP contribution >= 0.6 is 0 Å². The maximum absolute atomic E-state index is 12.7. The summed E-state index contributed by atoms with van der Waals surface area (Å²) in [6.07, 6.45) is -0.501. The lowest BCUT2D eigenvalue weighted by Gasteiger charge is -2.24. The number of aldehydes is 1. The van der Waals surface area contributed by atoms with Gasteiger partial charge < -0.3 is 35.1 Å². The lowest BCUT2D eigenvalue weighted by Crippen LogP contribution is -2.48. The van der Waals surface area contributed by atoms with E-state index in [4.69, 9.17) is 4.74 Å². The first-order valence-corrected chi connectivity index (χ1v) is 12.2. The topological polar surface area (TPSA) is 188 Å². The minimum absolute atomic E-state index is 0.123. The summed E-state index contributed by atoms with van der Waals surface area (Å²) in [6.45, 7) is 8.10. The highest BCUT2D eigenvalue weighted by Crippen LogP contribution is 2.37. The van der Waals surface area contributed by atoms with Gasteiger partial charge in [-0.15, -0.1) is 10.2 Å². The Bertz CT molecular complexity index is 1270. The number of hydrogen-bond acceptors (Lipinski definition) is 12. The van der Waals surface area contributed by atoms with Crippen molar-refractivity contribution in [1.82, 2.24) is 30.3 Å². The maximum Gasteiger partial charge on any atom is 0.369 e. The Morgan fingerprint density at radius 3 is 2.44 bits per heavy atom. The number of aromatic nitrogens is 5. The Hall–Kier alpha value is -4.14. The zero-order valence-electron chi connectivity index (χ0n) is 23.1. The molecular weight excluding hydrogens is 508 g/mol. The molecule has 0 aliphatic carbocycles. The van der Waals surface area contributed by atoms with Gasteiger partial charge in [0.1, 0.15) is 12.6 Å². The van der Waals surface area contributed by atoms with Crippen molar-refractivity contribution in [2.45, 2.75) is 40.2 Å². The van der Waals surface area contributed by atoms with E-state index in [-0.39, 0.29) is 11.4 Å². The van der Waals surface area contributed by atoms with E-state index in [1.54, 1.807) is 53.5 Å². The summed E-state index contributed by atoms with van der Waals surface area (Å²) in [7, 11) is 4.95. The number of methoxy groups -OCH3 is 1. The molecule has 0 unspecified atom stereocenters. The van der Waals surface area contributed by atoms with Crippen LogP contribution in [0.4, 0.5) is 17.2 Å². The van der Waals surface area contributed by atoms with Crippen LogP contribution in [0.3, 0.4) is 0 Å². The summed E-state index contributed by atoms with van der Waals surface area (Å²) < 4.78 is 7.15. The standard InChI is InChI=1S/C23H30N8O6.C2H6/c1-22(2,12-32)9-10-30(3)17-11-16(18(28-27-17)21(33)26-23(34,35)36)25-15-8-6-7-14(19(15)37-5)20-24-13-31(4)29-20;1-2/h6-8,11-13,34-36H,9-10H2,1-5H3,(H,25,27)(H,26,33);1-2H3. The smallest absolute Gasteiger partial charge is 0.369 e. The van der Waals surface area contributed by atoms with Gasteiger partial charge in [0.25, 0.3) is 5.91 Å². The van der Waals surface area contributed by atoms with Crippen molar-refractivity contribution in [2.75, 3.05) is 30.9 Å². The molecule has 0 aliphatic heterocycles. The van der Waals surface area contributed by atoms with Gasteiger partial charge in [0.15, 0.2) is 23.1 Å². The number of ether oxygens (including phenoxy) is 1. The molecule has 0 saturated carbocycles.